The number of rotatable bonds is 3. The Hall–Kier alpha value is -2.07. The lowest BCUT2D eigenvalue weighted by atomic mass is 9.71. The van der Waals surface area contributed by atoms with Gasteiger partial charge >= 0.3 is 6.18 Å². The molecule has 0 heterocycles. The molecular weight excluding hydrogens is 347 g/mol. The van der Waals surface area contributed by atoms with Crippen molar-refractivity contribution in [2.45, 2.75) is 44.4 Å². The van der Waals surface area contributed by atoms with E-state index in [0.717, 1.165) is 43.4 Å². The van der Waals surface area contributed by atoms with Gasteiger partial charge in [0.25, 0.3) is 0 Å². The Labute approximate surface area is 158 Å². The van der Waals surface area contributed by atoms with E-state index < -0.39 is 11.7 Å². The van der Waals surface area contributed by atoms with Gasteiger partial charge in [0.05, 0.1) is 5.56 Å². The molecule has 0 unspecified atom stereocenters. The standard InChI is InChI=1S/C23H24F3N/c1-27(15-16-7-3-2-4-8-16)22-20-10-6-5-9-17(20)13-18-11-12-19(14-21(18)22)23(24,25)26/h2-4,7-9,11-12,14,20,22H,5-6,10,13,15H2,1H3/t20-,22+/m1/s1. The van der Waals surface area contributed by atoms with Crippen LogP contribution in [0.15, 0.2) is 60.2 Å². The van der Waals surface area contributed by atoms with E-state index in [9.17, 15) is 13.2 Å². The number of hydrogen-bond donors (Lipinski definition) is 0. The van der Waals surface area contributed by atoms with Gasteiger partial charge in [-0.25, -0.2) is 0 Å². The number of hydrogen-bond acceptors (Lipinski definition) is 1. The lowest BCUT2D eigenvalue weighted by molar-refractivity contribution is -0.137. The van der Waals surface area contributed by atoms with Gasteiger partial charge in [0.15, 0.2) is 0 Å². The Bertz CT molecular complexity index is 838. The average molecular weight is 371 g/mol. The summed E-state index contributed by atoms with van der Waals surface area (Å²) in [7, 11) is 2.04. The van der Waals surface area contributed by atoms with E-state index in [1.54, 1.807) is 6.07 Å². The highest BCUT2D eigenvalue weighted by Crippen LogP contribution is 2.47. The molecule has 2 aliphatic rings. The van der Waals surface area contributed by atoms with Crippen LogP contribution in [0.25, 0.3) is 0 Å². The second-order valence-electron chi connectivity index (χ2n) is 7.75. The van der Waals surface area contributed by atoms with E-state index >= 15 is 0 Å². The minimum absolute atomic E-state index is 0.0113. The van der Waals surface area contributed by atoms with Crippen molar-refractivity contribution in [1.82, 2.24) is 4.90 Å². The summed E-state index contributed by atoms with van der Waals surface area (Å²) in [5, 5.41) is 0. The van der Waals surface area contributed by atoms with Crippen LogP contribution in [0.1, 0.15) is 47.6 Å². The number of benzene rings is 2. The van der Waals surface area contributed by atoms with E-state index in [2.05, 4.69) is 23.1 Å². The fourth-order valence-corrected chi connectivity index (χ4v) is 4.68. The van der Waals surface area contributed by atoms with Crippen molar-refractivity contribution in [2.24, 2.45) is 5.92 Å². The van der Waals surface area contributed by atoms with Crippen molar-refractivity contribution >= 4 is 0 Å². The molecule has 0 radical (unpaired) electrons. The molecule has 0 aromatic heterocycles. The second kappa shape index (κ2) is 7.16. The molecule has 142 valence electrons. The van der Waals surface area contributed by atoms with E-state index in [-0.39, 0.29) is 6.04 Å². The minimum Gasteiger partial charge on any atom is -0.295 e. The van der Waals surface area contributed by atoms with Gasteiger partial charge in [0.1, 0.15) is 0 Å². The molecule has 4 heteroatoms. The maximum absolute atomic E-state index is 13.3. The van der Waals surface area contributed by atoms with Crippen LogP contribution in [-0.2, 0) is 19.1 Å². The smallest absolute Gasteiger partial charge is 0.295 e. The van der Waals surface area contributed by atoms with Crippen LogP contribution in [-0.4, -0.2) is 11.9 Å². The lowest BCUT2D eigenvalue weighted by Gasteiger charge is -2.43. The summed E-state index contributed by atoms with van der Waals surface area (Å²) >= 11 is 0. The third-order valence-electron chi connectivity index (χ3n) is 5.92. The molecule has 0 bridgehead atoms. The highest BCUT2D eigenvalue weighted by Gasteiger charge is 2.38. The molecule has 0 fully saturated rings. The maximum Gasteiger partial charge on any atom is 0.416 e. The fraction of sp³-hybridized carbons (Fsp3) is 0.391. The molecule has 2 aromatic carbocycles. The van der Waals surface area contributed by atoms with E-state index in [1.165, 1.54) is 23.3 Å². The lowest BCUT2D eigenvalue weighted by Crippen LogP contribution is -2.36. The van der Waals surface area contributed by atoms with E-state index in [1.807, 2.05) is 25.2 Å². The first kappa shape index (κ1) is 18.3. The summed E-state index contributed by atoms with van der Waals surface area (Å²) in [6.45, 7) is 0.727. The quantitative estimate of drug-likeness (QED) is 0.584. The van der Waals surface area contributed by atoms with Crippen LogP contribution in [0.3, 0.4) is 0 Å². The Kier molecular flexibility index (Phi) is 4.85. The van der Waals surface area contributed by atoms with Crippen molar-refractivity contribution < 1.29 is 13.2 Å². The number of alkyl halides is 3. The molecule has 2 atom stereocenters. The summed E-state index contributed by atoms with van der Waals surface area (Å²) in [5.41, 5.74) is 3.94. The predicted molar refractivity (Wildman–Crippen MR) is 101 cm³/mol. The van der Waals surface area contributed by atoms with E-state index in [4.69, 9.17) is 0 Å². The Balaban J connectivity index is 1.75. The number of allylic oxidation sites excluding steroid dienone is 1. The number of fused-ring (bicyclic) bond motifs is 2. The van der Waals surface area contributed by atoms with Gasteiger partial charge in [0.2, 0.25) is 0 Å². The van der Waals surface area contributed by atoms with Crippen LogP contribution in [0, 0.1) is 5.92 Å². The van der Waals surface area contributed by atoms with Crippen LogP contribution in [0.2, 0.25) is 0 Å². The summed E-state index contributed by atoms with van der Waals surface area (Å²) in [4.78, 5) is 2.23. The van der Waals surface area contributed by atoms with Gasteiger partial charge in [-0.05, 0) is 67.5 Å². The molecule has 0 saturated heterocycles. The molecule has 27 heavy (non-hydrogen) atoms. The summed E-state index contributed by atoms with van der Waals surface area (Å²) < 4.78 is 40.0. The molecule has 4 rings (SSSR count). The van der Waals surface area contributed by atoms with Gasteiger partial charge in [-0.3, -0.25) is 4.90 Å². The molecule has 0 amide bonds. The van der Waals surface area contributed by atoms with Crippen LogP contribution >= 0.6 is 0 Å². The van der Waals surface area contributed by atoms with Crippen LogP contribution in [0.5, 0.6) is 0 Å². The molecule has 1 nitrogen and oxygen atoms in total. The van der Waals surface area contributed by atoms with Crippen molar-refractivity contribution in [3.63, 3.8) is 0 Å². The number of nitrogens with zero attached hydrogens (tertiary/aromatic N) is 1. The summed E-state index contributed by atoms with van der Waals surface area (Å²) in [5.74, 6) is 0.309. The second-order valence-corrected chi connectivity index (χ2v) is 7.75. The molecule has 2 aliphatic carbocycles. The number of halogens is 3. The molecule has 0 aliphatic heterocycles. The van der Waals surface area contributed by atoms with Gasteiger partial charge in [0, 0.05) is 12.6 Å². The normalized spacial score (nSPS) is 22.2. The topological polar surface area (TPSA) is 3.24 Å². The fourth-order valence-electron chi connectivity index (χ4n) is 4.68. The van der Waals surface area contributed by atoms with Gasteiger partial charge in [-0.2, -0.15) is 13.2 Å². The predicted octanol–water partition coefficient (Wildman–Crippen LogP) is 6.16. The highest BCUT2D eigenvalue weighted by atomic mass is 19.4. The first-order valence-electron chi connectivity index (χ1n) is 9.56. The Morgan fingerprint density at radius 2 is 1.85 bits per heavy atom. The van der Waals surface area contributed by atoms with Crippen LogP contribution < -0.4 is 0 Å². The molecular formula is C23H24F3N. The van der Waals surface area contributed by atoms with Gasteiger partial charge < -0.3 is 0 Å². The molecule has 0 N–H and O–H groups in total. The van der Waals surface area contributed by atoms with Gasteiger partial charge in [-0.15, -0.1) is 0 Å². The Morgan fingerprint density at radius 1 is 1.07 bits per heavy atom. The highest BCUT2D eigenvalue weighted by molar-refractivity contribution is 5.43. The Morgan fingerprint density at radius 3 is 2.59 bits per heavy atom. The van der Waals surface area contributed by atoms with Crippen LogP contribution in [0.4, 0.5) is 13.2 Å². The van der Waals surface area contributed by atoms with Crippen molar-refractivity contribution in [3.05, 3.63) is 82.4 Å². The third-order valence-corrected chi connectivity index (χ3v) is 5.92. The zero-order valence-corrected chi connectivity index (χ0v) is 15.5. The maximum atomic E-state index is 13.3. The third kappa shape index (κ3) is 3.68. The zero-order chi connectivity index (χ0) is 19.0. The van der Waals surface area contributed by atoms with E-state index in [0.29, 0.717) is 5.92 Å². The van der Waals surface area contributed by atoms with Gasteiger partial charge in [-0.1, -0.05) is 48.0 Å². The molecule has 0 spiro atoms. The first-order valence-corrected chi connectivity index (χ1v) is 9.56. The largest absolute Gasteiger partial charge is 0.416 e. The van der Waals surface area contributed by atoms with Crippen molar-refractivity contribution in [3.8, 4) is 0 Å². The molecule has 2 aromatic rings. The van der Waals surface area contributed by atoms with Crippen molar-refractivity contribution in [2.75, 3.05) is 7.05 Å². The summed E-state index contributed by atoms with van der Waals surface area (Å²) in [6.07, 6.45) is 2.03. The summed E-state index contributed by atoms with van der Waals surface area (Å²) in [6, 6.07) is 14.4. The molecule has 0 saturated carbocycles. The average Bonchev–Trinajstić information content (AvgIpc) is 2.65. The monoisotopic (exact) mass is 371 g/mol. The SMILES string of the molecule is CN(Cc1ccccc1)[C@@H]1c2cc(C(F)(F)F)ccc2CC2=CCCC[C@H]21. The first-order chi connectivity index (χ1) is 12.9. The minimum atomic E-state index is -4.31. The van der Waals surface area contributed by atoms with Crippen molar-refractivity contribution in [1.29, 1.82) is 0 Å². The zero-order valence-electron chi connectivity index (χ0n) is 15.5.